The van der Waals surface area contributed by atoms with Gasteiger partial charge in [0, 0.05) is 11.8 Å². The van der Waals surface area contributed by atoms with Crippen molar-refractivity contribution < 1.29 is 4.79 Å². The van der Waals surface area contributed by atoms with Gasteiger partial charge in [-0.1, -0.05) is 43.8 Å². The Morgan fingerprint density at radius 3 is 2.88 bits per heavy atom. The van der Waals surface area contributed by atoms with Crippen molar-refractivity contribution >= 4 is 23.5 Å². The quantitative estimate of drug-likeness (QED) is 0.555. The number of carbonyl (C=O) groups is 1. The highest BCUT2D eigenvalue weighted by Gasteiger charge is 2.24. The number of aryl methyl sites for hydroxylation is 1. The summed E-state index contributed by atoms with van der Waals surface area (Å²) in [7, 11) is 0. The molecule has 2 atom stereocenters. The lowest BCUT2D eigenvalue weighted by Crippen LogP contribution is -2.25. The fourth-order valence-electron chi connectivity index (χ4n) is 3.90. The summed E-state index contributed by atoms with van der Waals surface area (Å²) in [6, 6.07) is 14.7. The number of benzene rings is 1. The van der Waals surface area contributed by atoms with Crippen LogP contribution in [-0.4, -0.2) is 25.9 Å². The second-order valence-electron chi connectivity index (χ2n) is 8.09. The molecule has 1 aliphatic rings. The van der Waals surface area contributed by atoms with Crippen molar-refractivity contribution in [1.82, 2.24) is 14.8 Å². The van der Waals surface area contributed by atoms with Gasteiger partial charge in [-0.15, -0.1) is 0 Å². The number of aromatic nitrogens is 3. The van der Waals surface area contributed by atoms with E-state index in [0.29, 0.717) is 34.4 Å². The second kappa shape index (κ2) is 9.45. The Balaban J connectivity index is 1.52. The topological polar surface area (TPSA) is 104 Å². The number of fused-ring (bicyclic) bond motifs is 1. The predicted molar refractivity (Wildman–Crippen MR) is 125 cm³/mol. The number of nitrogens with one attached hydrogen (secondary N) is 2. The molecular weight excluding hydrogens is 422 g/mol. The number of para-hydroxylation sites is 1. The van der Waals surface area contributed by atoms with E-state index in [1.807, 2.05) is 31.2 Å². The fourth-order valence-corrected chi connectivity index (χ4v) is 4.89. The van der Waals surface area contributed by atoms with Crippen molar-refractivity contribution in [3.8, 4) is 11.8 Å². The van der Waals surface area contributed by atoms with Gasteiger partial charge in [-0.05, 0) is 55.4 Å². The monoisotopic (exact) mass is 447 g/mol. The number of hydrogen-bond acceptors (Lipinski definition) is 5. The number of hydrogen-bond donors (Lipinski definition) is 2. The molecule has 0 fully saturated rings. The molecule has 3 aromatic rings. The third-order valence-electron chi connectivity index (χ3n) is 5.63. The van der Waals surface area contributed by atoms with Crippen LogP contribution in [0.5, 0.6) is 0 Å². The molecule has 0 bridgehead atoms. The molecular formula is C24H25N5O2S. The van der Waals surface area contributed by atoms with E-state index < -0.39 is 5.25 Å². The number of rotatable bonds is 6. The van der Waals surface area contributed by atoms with E-state index in [2.05, 4.69) is 23.4 Å². The summed E-state index contributed by atoms with van der Waals surface area (Å²) in [5.41, 5.74) is 3.11. The molecule has 8 heteroatoms. The first kappa shape index (κ1) is 21.9. The standard InChI is InChI=1S/C24H25N5O2S/c1-3-20(32-24-17(14-25)12-16-11-15(2)9-10-19(16)26-24)23(31)27-21-13-22(30)29(28-21)18-7-5-4-6-8-18/h4-8,12-13,15,20,28H,3,9-11H2,1-2H3,(H,27,31). The molecule has 7 nitrogen and oxygen atoms in total. The van der Waals surface area contributed by atoms with Crippen LogP contribution in [0, 0.1) is 17.2 Å². The van der Waals surface area contributed by atoms with Crippen LogP contribution >= 0.6 is 11.8 Å². The maximum atomic E-state index is 13.0. The van der Waals surface area contributed by atoms with Gasteiger partial charge in [0.15, 0.2) is 0 Å². The number of thioether (sulfide) groups is 1. The van der Waals surface area contributed by atoms with Gasteiger partial charge >= 0.3 is 0 Å². The van der Waals surface area contributed by atoms with Crippen LogP contribution in [0.15, 0.2) is 52.3 Å². The number of aromatic amines is 1. The maximum absolute atomic E-state index is 13.0. The Bertz CT molecular complexity index is 1230. The molecule has 2 aromatic heterocycles. The summed E-state index contributed by atoms with van der Waals surface area (Å²) in [6.45, 7) is 4.13. The van der Waals surface area contributed by atoms with E-state index in [1.165, 1.54) is 22.5 Å². The highest BCUT2D eigenvalue weighted by atomic mass is 32.2. The third-order valence-corrected chi connectivity index (χ3v) is 7.00. The van der Waals surface area contributed by atoms with Crippen LogP contribution in [0.1, 0.15) is 43.5 Å². The zero-order chi connectivity index (χ0) is 22.7. The molecule has 0 spiro atoms. The number of H-pyrrole nitrogens is 1. The lowest BCUT2D eigenvalue weighted by molar-refractivity contribution is -0.115. The van der Waals surface area contributed by atoms with Gasteiger partial charge < -0.3 is 5.32 Å². The number of pyridine rings is 1. The molecule has 0 saturated carbocycles. The van der Waals surface area contributed by atoms with Gasteiger partial charge in [-0.2, -0.15) is 5.26 Å². The zero-order valence-corrected chi connectivity index (χ0v) is 18.9. The van der Waals surface area contributed by atoms with Gasteiger partial charge in [0.1, 0.15) is 16.9 Å². The lowest BCUT2D eigenvalue weighted by Gasteiger charge is -2.22. The molecule has 2 unspecified atom stereocenters. The van der Waals surface area contributed by atoms with Crippen molar-refractivity contribution in [1.29, 1.82) is 5.26 Å². The molecule has 32 heavy (non-hydrogen) atoms. The molecule has 1 aromatic carbocycles. The maximum Gasteiger partial charge on any atom is 0.273 e. The molecule has 0 aliphatic heterocycles. The second-order valence-corrected chi connectivity index (χ2v) is 9.28. The van der Waals surface area contributed by atoms with Gasteiger partial charge in [0.05, 0.1) is 16.5 Å². The summed E-state index contributed by atoms with van der Waals surface area (Å²) in [4.78, 5) is 30.0. The average Bonchev–Trinajstić information content (AvgIpc) is 3.17. The Morgan fingerprint density at radius 2 is 2.16 bits per heavy atom. The van der Waals surface area contributed by atoms with Crippen LogP contribution < -0.4 is 10.9 Å². The Labute approximate surface area is 190 Å². The molecule has 1 aliphatic carbocycles. The first-order chi connectivity index (χ1) is 15.5. The number of nitrogens with zero attached hydrogens (tertiary/aromatic N) is 3. The van der Waals surface area contributed by atoms with Crippen molar-refractivity contribution in [3.63, 3.8) is 0 Å². The Morgan fingerprint density at radius 1 is 1.38 bits per heavy atom. The van der Waals surface area contributed by atoms with Crippen LogP contribution in [0.3, 0.4) is 0 Å². The van der Waals surface area contributed by atoms with Gasteiger partial charge in [0.25, 0.3) is 5.56 Å². The molecule has 2 heterocycles. The SMILES string of the molecule is CCC(Sc1nc2c(cc1C#N)CC(C)CC2)C(=O)Nc1cc(=O)n(-c2ccccc2)[nH]1. The molecule has 1 amide bonds. The van der Waals surface area contributed by atoms with Crippen LogP contribution in [0.2, 0.25) is 0 Å². The highest BCUT2D eigenvalue weighted by Crippen LogP contribution is 2.32. The lowest BCUT2D eigenvalue weighted by atomic mass is 9.87. The average molecular weight is 448 g/mol. The van der Waals surface area contributed by atoms with Crippen LogP contribution in [0.25, 0.3) is 5.69 Å². The molecule has 164 valence electrons. The Kier molecular flexibility index (Phi) is 6.47. The first-order valence-corrected chi connectivity index (χ1v) is 11.6. The summed E-state index contributed by atoms with van der Waals surface area (Å²) >= 11 is 1.30. The number of nitriles is 1. The number of anilines is 1. The van der Waals surface area contributed by atoms with Crippen LogP contribution in [0.4, 0.5) is 5.82 Å². The fraction of sp³-hybridized carbons (Fsp3) is 0.333. The van der Waals surface area contributed by atoms with E-state index in [0.717, 1.165) is 30.5 Å². The minimum atomic E-state index is -0.446. The van der Waals surface area contributed by atoms with Crippen molar-refractivity contribution in [2.45, 2.75) is 49.8 Å². The zero-order valence-electron chi connectivity index (χ0n) is 18.1. The third kappa shape index (κ3) is 4.63. The number of amides is 1. The van der Waals surface area contributed by atoms with E-state index >= 15 is 0 Å². The van der Waals surface area contributed by atoms with E-state index in [1.54, 1.807) is 12.1 Å². The number of carbonyl (C=O) groups excluding carboxylic acids is 1. The van der Waals surface area contributed by atoms with Crippen molar-refractivity contribution in [2.24, 2.45) is 5.92 Å². The normalized spacial score (nSPS) is 16.1. The van der Waals surface area contributed by atoms with Crippen molar-refractivity contribution in [3.05, 3.63) is 69.6 Å². The first-order valence-electron chi connectivity index (χ1n) is 10.8. The summed E-state index contributed by atoms with van der Waals surface area (Å²) < 4.78 is 1.38. The van der Waals surface area contributed by atoms with Gasteiger partial charge in [-0.25, -0.2) is 9.67 Å². The molecule has 0 saturated heterocycles. The van der Waals surface area contributed by atoms with Crippen molar-refractivity contribution in [2.75, 3.05) is 5.32 Å². The molecule has 0 radical (unpaired) electrons. The minimum absolute atomic E-state index is 0.240. The van der Waals surface area contributed by atoms with E-state index in [9.17, 15) is 14.9 Å². The van der Waals surface area contributed by atoms with E-state index in [4.69, 9.17) is 4.98 Å². The summed E-state index contributed by atoms with van der Waals surface area (Å²) in [6.07, 6.45) is 3.47. The van der Waals surface area contributed by atoms with E-state index in [-0.39, 0.29) is 11.5 Å². The van der Waals surface area contributed by atoms with Gasteiger partial charge in [0.2, 0.25) is 5.91 Å². The molecule has 2 N–H and O–H groups in total. The highest BCUT2D eigenvalue weighted by molar-refractivity contribution is 8.00. The Hall–Kier alpha value is -3.31. The molecule has 4 rings (SSSR count). The predicted octanol–water partition coefficient (Wildman–Crippen LogP) is 4.07. The summed E-state index contributed by atoms with van der Waals surface area (Å²) in [5.74, 6) is 0.681. The minimum Gasteiger partial charge on any atom is -0.310 e. The van der Waals surface area contributed by atoms with Gasteiger partial charge in [-0.3, -0.25) is 14.7 Å². The van der Waals surface area contributed by atoms with Crippen LogP contribution in [-0.2, 0) is 17.6 Å². The largest absolute Gasteiger partial charge is 0.310 e. The smallest absolute Gasteiger partial charge is 0.273 e. The summed E-state index contributed by atoms with van der Waals surface area (Å²) in [5, 5.41) is 15.5.